The molecule has 0 unspecified atom stereocenters. The fraction of sp³-hybridized carbons (Fsp3) is 0. The highest BCUT2D eigenvalue weighted by molar-refractivity contribution is 5.96. The first-order valence-corrected chi connectivity index (χ1v) is 6.19. The molecule has 1 heteroatoms. The van der Waals surface area contributed by atoms with Crippen LogP contribution in [0.4, 0.5) is 0 Å². The summed E-state index contributed by atoms with van der Waals surface area (Å²) in [6.45, 7) is 0. The molecule has 1 radical (unpaired) electrons. The SMILES string of the molecule is Oc1ccc(-c2ccc3cc2-3)cc1.[c]1ccccc1. The van der Waals surface area contributed by atoms with Gasteiger partial charge in [-0.2, -0.15) is 0 Å². The number of rotatable bonds is 1. The average Bonchev–Trinajstić information content (AvgIpc) is 3.14. The molecular weight excluding hydrogens is 232 g/mol. The molecule has 1 N–H and O–H groups in total. The van der Waals surface area contributed by atoms with Gasteiger partial charge in [-0.3, -0.25) is 0 Å². The lowest BCUT2D eigenvalue weighted by molar-refractivity contribution is 0.475. The Bertz CT molecular complexity index is 643. The Morgan fingerprint density at radius 3 is 1.79 bits per heavy atom. The summed E-state index contributed by atoms with van der Waals surface area (Å²) in [5.74, 6) is 0.320. The number of fused-ring (bicyclic) bond motifs is 1. The van der Waals surface area contributed by atoms with E-state index in [1.807, 2.05) is 42.5 Å². The summed E-state index contributed by atoms with van der Waals surface area (Å²) in [5.41, 5.74) is 5.15. The van der Waals surface area contributed by atoms with Crippen molar-refractivity contribution in [2.75, 3.05) is 0 Å². The van der Waals surface area contributed by atoms with Crippen molar-refractivity contribution < 1.29 is 5.11 Å². The van der Waals surface area contributed by atoms with Crippen molar-refractivity contribution in [3.05, 3.63) is 78.9 Å². The number of aromatic hydroxyl groups is 1. The zero-order chi connectivity index (χ0) is 13.1. The van der Waals surface area contributed by atoms with Crippen LogP contribution in [-0.2, 0) is 0 Å². The lowest BCUT2D eigenvalue weighted by Crippen LogP contribution is -1.71. The van der Waals surface area contributed by atoms with Gasteiger partial charge in [0.2, 0.25) is 0 Å². The van der Waals surface area contributed by atoms with Gasteiger partial charge in [0, 0.05) is 0 Å². The van der Waals surface area contributed by atoms with Crippen LogP contribution in [0.15, 0.2) is 72.8 Å². The van der Waals surface area contributed by atoms with E-state index in [-0.39, 0.29) is 0 Å². The van der Waals surface area contributed by atoms with Gasteiger partial charge in [0.05, 0.1) is 0 Å². The molecule has 2 aromatic rings. The maximum atomic E-state index is 9.13. The van der Waals surface area contributed by atoms with Crippen molar-refractivity contribution in [1.29, 1.82) is 0 Å². The molecule has 0 spiro atoms. The number of benzene rings is 3. The van der Waals surface area contributed by atoms with E-state index >= 15 is 0 Å². The first kappa shape index (κ1) is 11.5. The monoisotopic (exact) mass is 245 g/mol. The Balaban J connectivity index is 0.000000155. The van der Waals surface area contributed by atoms with Crippen LogP contribution in [0.25, 0.3) is 22.3 Å². The number of phenols is 1. The van der Waals surface area contributed by atoms with Crippen LogP contribution in [0.1, 0.15) is 0 Å². The second kappa shape index (κ2) is 4.99. The van der Waals surface area contributed by atoms with Crippen molar-refractivity contribution in [2.45, 2.75) is 0 Å². The molecule has 0 atom stereocenters. The molecule has 0 saturated heterocycles. The molecule has 19 heavy (non-hydrogen) atoms. The third kappa shape index (κ3) is 2.66. The lowest BCUT2D eigenvalue weighted by Gasteiger charge is -1.97. The quantitative estimate of drug-likeness (QED) is 0.522. The smallest absolute Gasteiger partial charge is 0.115 e. The highest BCUT2D eigenvalue weighted by atomic mass is 16.3. The van der Waals surface area contributed by atoms with E-state index < -0.39 is 0 Å². The largest absolute Gasteiger partial charge is 0.508 e. The number of hydrogen-bond acceptors (Lipinski definition) is 1. The van der Waals surface area contributed by atoms with Crippen molar-refractivity contribution in [2.24, 2.45) is 0 Å². The molecule has 0 fully saturated rings. The summed E-state index contributed by atoms with van der Waals surface area (Å²) in [7, 11) is 0. The molecule has 2 aliphatic carbocycles. The Morgan fingerprint density at radius 1 is 0.684 bits per heavy atom. The van der Waals surface area contributed by atoms with E-state index in [1.165, 1.54) is 22.3 Å². The second-order valence-corrected chi connectivity index (χ2v) is 4.38. The lowest BCUT2D eigenvalue weighted by atomic mass is 10.1. The Kier molecular flexibility index (Phi) is 3.03. The predicted octanol–water partition coefficient (Wildman–Crippen LogP) is 4.53. The Labute approximate surface area is 112 Å². The van der Waals surface area contributed by atoms with Crippen molar-refractivity contribution in [3.63, 3.8) is 0 Å². The molecule has 0 saturated carbocycles. The van der Waals surface area contributed by atoms with Gasteiger partial charge in [-0.25, -0.2) is 0 Å². The normalized spacial score (nSPS) is 10.3. The van der Waals surface area contributed by atoms with E-state index in [2.05, 4.69) is 24.3 Å². The average molecular weight is 245 g/mol. The van der Waals surface area contributed by atoms with E-state index in [0.717, 1.165) is 0 Å². The van der Waals surface area contributed by atoms with Crippen molar-refractivity contribution >= 4 is 0 Å². The third-order valence-electron chi connectivity index (χ3n) is 3.03. The van der Waals surface area contributed by atoms with Crippen LogP contribution >= 0.6 is 0 Å². The standard InChI is InChI=1S/C12H8O.C6H5/c13-10-4-1-8(2-5-10)11-6-3-9-7-12(9)11;1-2-4-6-5-3-1/h1-7,13H;1-5H. The Morgan fingerprint density at radius 2 is 1.37 bits per heavy atom. The van der Waals surface area contributed by atoms with Crippen LogP contribution in [0.3, 0.4) is 0 Å². The van der Waals surface area contributed by atoms with E-state index in [9.17, 15) is 0 Å². The van der Waals surface area contributed by atoms with Crippen LogP contribution < -0.4 is 0 Å². The van der Waals surface area contributed by atoms with Gasteiger partial charge in [-0.15, -0.1) is 0 Å². The summed E-state index contributed by atoms with van der Waals surface area (Å²) in [6.07, 6.45) is 0. The van der Waals surface area contributed by atoms with Gasteiger partial charge in [0.1, 0.15) is 5.75 Å². The van der Waals surface area contributed by atoms with Gasteiger partial charge >= 0.3 is 0 Å². The number of phenolic OH excluding ortho intramolecular Hbond substituents is 1. The van der Waals surface area contributed by atoms with E-state index in [1.54, 1.807) is 12.1 Å². The molecule has 2 aliphatic rings. The van der Waals surface area contributed by atoms with Crippen LogP contribution in [0.5, 0.6) is 5.75 Å². The predicted molar refractivity (Wildman–Crippen MR) is 77.8 cm³/mol. The summed E-state index contributed by atoms with van der Waals surface area (Å²) in [4.78, 5) is 0. The first-order chi connectivity index (χ1) is 9.34. The molecule has 0 bridgehead atoms. The zero-order valence-corrected chi connectivity index (χ0v) is 10.4. The maximum Gasteiger partial charge on any atom is 0.115 e. The molecular formula is C18H13O. The van der Waals surface area contributed by atoms with Crippen LogP contribution in [-0.4, -0.2) is 5.11 Å². The minimum Gasteiger partial charge on any atom is -0.508 e. The molecule has 0 aliphatic heterocycles. The highest BCUT2D eigenvalue weighted by Crippen LogP contribution is 2.43. The molecule has 0 amide bonds. The van der Waals surface area contributed by atoms with Crippen LogP contribution in [0.2, 0.25) is 0 Å². The summed E-state index contributed by atoms with van der Waals surface area (Å²) >= 11 is 0. The van der Waals surface area contributed by atoms with Gasteiger partial charge in [0.15, 0.2) is 0 Å². The van der Waals surface area contributed by atoms with Gasteiger partial charge in [-0.05, 0) is 46.5 Å². The first-order valence-electron chi connectivity index (χ1n) is 6.19. The molecule has 1 nitrogen and oxygen atoms in total. The molecule has 0 heterocycles. The van der Waals surface area contributed by atoms with E-state index in [0.29, 0.717) is 5.75 Å². The minimum atomic E-state index is 0.320. The van der Waals surface area contributed by atoms with Gasteiger partial charge in [0.25, 0.3) is 0 Å². The van der Waals surface area contributed by atoms with E-state index in [4.69, 9.17) is 5.11 Å². The third-order valence-corrected chi connectivity index (χ3v) is 3.03. The highest BCUT2D eigenvalue weighted by Gasteiger charge is 2.17. The second-order valence-electron chi connectivity index (χ2n) is 4.38. The number of hydrogen-bond donors (Lipinski definition) is 1. The fourth-order valence-electron chi connectivity index (χ4n) is 1.99. The zero-order valence-electron chi connectivity index (χ0n) is 10.4. The maximum absolute atomic E-state index is 9.13. The van der Waals surface area contributed by atoms with Gasteiger partial charge in [-0.1, -0.05) is 54.6 Å². The van der Waals surface area contributed by atoms with Gasteiger partial charge < -0.3 is 5.11 Å². The molecule has 91 valence electrons. The topological polar surface area (TPSA) is 20.2 Å². The minimum absolute atomic E-state index is 0.320. The molecule has 0 aromatic heterocycles. The van der Waals surface area contributed by atoms with Crippen molar-refractivity contribution in [3.8, 4) is 28.0 Å². The molecule has 2 aromatic carbocycles. The van der Waals surface area contributed by atoms with Crippen LogP contribution in [0, 0.1) is 6.07 Å². The summed E-state index contributed by atoms with van der Waals surface area (Å²) < 4.78 is 0. The molecule has 4 rings (SSSR count). The summed E-state index contributed by atoms with van der Waals surface area (Å²) in [6, 6.07) is 26.2. The Hall–Kier alpha value is -2.54. The van der Waals surface area contributed by atoms with Crippen molar-refractivity contribution in [1.82, 2.24) is 0 Å². The summed E-state index contributed by atoms with van der Waals surface area (Å²) in [5, 5.41) is 9.13. The fourth-order valence-corrected chi connectivity index (χ4v) is 1.99.